The SMILES string of the molecule is CC[C@H](C)NC(=O)c1ccc(CN2C(=O)COc3cc(C)ccc32)o1. The monoisotopic (exact) mass is 342 g/mol. The Morgan fingerprint density at radius 1 is 1.32 bits per heavy atom. The van der Waals surface area contributed by atoms with E-state index >= 15 is 0 Å². The van der Waals surface area contributed by atoms with Crippen molar-refractivity contribution in [3.63, 3.8) is 0 Å². The highest BCUT2D eigenvalue weighted by Crippen LogP contribution is 2.34. The lowest BCUT2D eigenvalue weighted by Gasteiger charge is -2.28. The van der Waals surface area contributed by atoms with E-state index in [9.17, 15) is 9.59 Å². The summed E-state index contributed by atoms with van der Waals surface area (Å²) in [7, 11) is 0. The summed E-state index contributed by atoms with van der Waals surface area (Å²) in [4.78, 5) is 26.0. The van der Waals surface area contributed by atoms with Gasteiger partial charge in [0.2, 0.25) is 0 Å². The predicted molar refractivity (Wildman–Crippen MR) is 93.8 cm³/mol. The van der Waals surface area contributed by atoms with Crippen LogP contribution in [0.15, 0.2) is 34.7 Å². The van der Waals surface area contributed by atoms with Crippen molar-refractivity contribution in [3.8, 4) is 5.75 Å². The topological polar surface area (TPSA) is 71.8 Å². The van der Waals surface area contributed by atoms with Crippen LogP contribution in [0.5, 0.6) is 5.75 Å². The fraction of sp³-hybridized carbons (Fsp3) is 0.368. The summed E-state index contributed by atoms with van der Waals surface area (Å²) in [5, 5.41) is 2.86. The molecule has 1 aromatic heterocycles. The molecule has 1 aromatic carbocycles. The molecule has 0 unspecified atom stereocenters. The minimum Gasteiger partial charge on any atom is -0.482 e. The van der Waals surface area contributed by atoms with Gasteiger partial charge in [0.15, 0.2) is 12.4 Å². The number of ether oxygens (including phenoxy) is 1. The lowest BCUT2D eigenvalue weighted by Crippen LogP contribution is -2.38. The van der Waals surface area contributed by atoms with Crippen LogP contribution in [0.3, 0.4) is 0 Å². The molecule has 3 rings (SSSR count). The molecule has 0 saturated heterocycles. The van der Waals surface area contributed by atoms with E-state index < -0.39 is 0 Å². The van der Waals surface area contributed by atoms with Crippen LogP contribution in [0.4, 0.5) is 5.69 Å². The summed E-state index contributed by atoms with van der Waals surface area (Å²) < 4.78 is 11.1. The zero-order chi connectivity index (χ0) is 18.0. The minimum absolute atomic E-state index is 0.00147. The molecule has 1 aliphatic rings. The molecule has 1 N–H and O–H groups in total. The van der Waals surface area contributed by atoms with Gasteiger partial charge in [-0.2, -0.15) is 0 Å². The largest absolute Gasteiger partial charge is 0.482 e. The van der Waals surface area contributed by atoms with Crippen molar-refractivity contribution in [1.82, 2.24) is 5.32 Å². The summed E-state index contributed by atoms with van der Waals surface area (Å²) in [6.07, 6.45) is 0.845. The second kappa shape index (κ2) is 7.01. The summed E-state index contributed by atoms with van der Waals surface area (Å²) in [6.45, 7) is 6.17. The summed E-state index contributed by atoms with van der Waals surface area (Å²) in [5.41, 5.74) is 1.78. The average molecular weight is 342 g/mol. The Kier molecular flexibility index (Phi) is 4.79. The van der Waals surface area contributed by atoms with E-state index in [0.29, 0.717) is 17.2 Å². The zero-order valence-corrected chi connectivity index (χ0v) is 14.7. The molecule has 0 aliphatic carbocycles. The van der Waals surface area contributed by atoms with Gasteiger partial charge >= 0.3 is 0 Å². The second-order valence-electron chi connectivity index (χ2n) is 6.29. The number of furan rings is 1. The molecular formula is C19H22N2O4. The van der Waals surface area contributed by atoms with Gasteiger partial charge in [-0.25, -0.2) is 0 Å². The van der Waals surface area contributed by atoms with E-state index in [2.05, 4.69) is 5.32 Å². The van der Waals surface area contributed by atoms with Gasteiger partial charge in [-0.1, -0.05) is 13.0 Å². The number of hydrogen-bond donors (Lipinski definition) is 1. The van der Waals surface area contributed by atoms with E-state index in [0.717, 1.165) is 12.0 Å². The van der Waals surface area contributed by atoms with Gasteiger partial charge in [0.05, 0.1) is 12.2 Å². The Balaban J connectivity index is 1.77. The van der Waals surface area contributed by atoms with Crippen LogP contribution >= 0.6 is 0 Å². The maximum absolute atomic E-state index is 12.3. The number of benzene rings is 1. The Labute approximate surface area is 146 Å². The van der Waals surface area contributed by atoms with E-state index in [1.165, 1.54) is 0 Å². The van der Waals surface area contributed by atoms with Gasteiger partial charge in [0, 0.05) is 6.04 Å². The molecule has 0 bridgehead atoms. The van der Waals surface area contributed by atoms with Crippen molar-refractivity contribution >= 4 is 17.5 Å². The van der Waals surface area contributed by atoms with E-state index in [1.807, 2.05) is 39.0 Å². The molecule has 1 aliphatic heterocycles. The molecule has 2 heterocycles. The zero-order valence-electron chi connectivity index (χ0n) is 14.7. The molecule has 2 amide bonds. The molecule has 25 heavy (non-hydrogen) atoms. The van der Waals surface area contributed by atoms with Crippen LogP contribution in [0.25, 0.3) is 0 Å². The fourth-order valence-corrected chi connectivity index (χ4v) is 2.62. The Hall–Kier alpha value is -2.76. The number of anilines is 1. The second-order valence-corrected chi connectivity index (χ2v) is 6.29. The van der Waals surface area contributed by atoms with Crippen molar-refractivity contribution < 1.29 is 18.7 Å². The Morgan fingerprint density at radius 2 is 2.12 bits per heavy atom. The van der Waals surface area contributed by atoms with Crippen molar-refractivity contribution in [3.05, 3.63) is 47.4 Å². The highest BCUT2D eigenvalue weighted by atomic mass is 16.5. The molecule has 2 aromatic rings. The molecule has 0 spiro atoms. The first-order valence-corrected chi connectivity index (χ1v) is 8.41. The highest BCUT2D eigenvalue weighted by molar-refractivity contribution is 5.97. The number of carbonyl (C=O) groups is 2. The molecule has 0 saturated carbocycles. The number of aryl methyl sites for hydroxylation is 1. The minimum atomic E-state index is -0.245. The van der Waals surface area contributed by atoms with Crippen LogP contribution in [-0.2, 0) is 11.3 Å². The summed E-state index contributed by atoms with van der Waals surface area (Å²) in [5.74, 6) is 1.10. The standard InChI is InChI=1S/C19H22N2O4/c1-4-13(3)20-19(23)16-8-6-14(25-16)10-21-15-7-5-12(2)9-17(15)24-11-18(21)22/h5-9,13H,4,10-11H2,1-3H3,(H,20,23)/t13-/m0/s1. The van der Waals surface area contributed by atoms with Crippen LogP contribution in [0.1, 0.15) is 42.1 Å². The number of rotatable bonds is 5. The van der Waals surface area contributed by atoms with Crippen LogP contribution in [-0.4, -0.2) is 24.5 Å². The third kappa shape index (κ3) is 3.68. The first-order valence-electron chi connectivity index (χ1n) is 8.41. The Bertz CT molecular complexity index is 796. The number of hydrogen-bond acceptors (Lipinski definition) is 4. The maximum Gasteiger partial charge on any atom is 0.287 e. The molecule has 0 fully saturated rings. The fourth-order valence-electron chi connectivity index (χ4n) is 2.62. The molecule has 1 atom stereocenters. The summed E-state index contributed by atoms with van der Waals surface area (Å²) in [6, 6.07) is 9.14. The summed E-state index contributed by atoms with van der Waals surface area (Å²) >= 11 is 0. The van der Waals surface area contributed by atoms with E-state index in [-0.39, 0.29) is 36.8 Å². The highest BCUT2D eigenvalue weighted by Gasteiger charge is 2.27. The first-order chi connectivity index (χ1) is 12.0. The first kappa shape index (κ1) is 17.1. The van der Waals surface area contributed by atoms with Gasteiger partial charge < -0.3 is 14.5 Å². The normalized spacial score (nSPS) is 14.7. The van der Waals surface area contributed by atoms with Crippen molar-refractivity contribution in [1.29, 1.82) is 0 Å². The molecular weight excluding hydrogens is 320 g/mol. The molecule has 132 valence electrons. The number of nitrogens with one attached hydrogen (secondary N) is 1. The molecule has 0 radical (unpaired) electrons. The maximum atomic E-state index is 12.3. The van der Waals surface area contributed by atoms with Gasteiger partial charge in [0.1, 0.15) is 11.5 Å². The number of nitrogens with zero attached hydrogens (tertiary/aromatic N) is 1. The van der Waals surface area contributed by atoms with Crippen LogP contribution in [0, 0.1) is 6.92 Å². The third-order valence-corrected chi connectivity index (χ3v) is 4.25. The lowest BCUT2D eigenvalue weighted by atomic mass is 10.1. The van der Waals surface area contributed by atoms with Gasteiger partial charge in [-0.3, -0.25) is 14.5 Å². The quantitative estimate of drug-likeness (QED) is 0.906. The van der Waals surface area contributed by atoms with E-state index in [1.54, 1.807) is 17.0 Å². The Morgan fingerprint density at radius 3 is 2.88 bits per heavy atom. The lowest BCUT2D eigenvalue weighted by molar-refractivity contribution is -0.121. The molecule has 6 heteroatoms. The predicted octanol–water partition coefficient (Wildman–Crippen LogP) is 3.04. The van der Waals surface area contributed by atoms with Crippen molar-refractivity contribution in [2.45, 2.75) is 39.8 Å². The van der Waals surface area contributed by atoms with E-state index in [4.69, 9.17) is 9.15 Å². The smallest absolute Gasteiger partial charge is 0.287 e. The van der Waals surface area contributed by atoms with Crippen molar-refractivity contribution in [2.75, 3.05) is 11.5 Å². The van der Waals surface area contributed by atoms with Crippen LogP contribution < -0.4 is 15.0 Å². The third-order valence-electron chi connectivity index (χ3n) is 4.25. The number of carbonyl (C=O) groups excluding carboxylic acids is 2. The number of amides is 2. The van der Waals surface area contributed by atoms with Gasteiger partial charge in [0.25, 0.3) is 11.8 Å². The molecule has 6 nitrogen and oxygen atoms in total. The number of fused-ring (bicyclic) bond motifs is 1. The van der Waals surface area contributed by atoms with Gasteiger partial charge in [-0.05, 0) is 50.1 Å². The average Bonchev–Trinajstić information content (AvgIpc) is 3.06. The van der Waals surface area contributed by atoms with Crippen molar-refractivity contribution in [2.24, 2.45) is 0 Å². The van der Waals surface area contributed by atoms with Crippen LogP contribution in [0.2, 0.25) is 0 Å². The van der Waals surface area contributed by atoms with Gasteiger partial charge in [-0.15, -0.1) is 0 Å².